The third-order valence-electron chi connectivity index (χ3n) is 3.37. The first-order valence-electron chi connectivity index (χ1n) is 7.38. The van der Waals surface area contributed by atoms with Crippen LogP contribution in [0.4, 0.5) is 10.8 Å². The molecule has 8 heteroatoms. The summed E-state index contributed by atoms with van der Waals surface area (Å²) in [6.07, 6.45) is 0. The maximum absolute atomic E-state index is 12.2. The second-order valence-corrected chi connectivity index (χ2v) is 7.47. The third-order valence-corrected chi connectivity index (χ3v) is 5.47. The van der Waals surface area contributed by atoms with E-state index in [1.165, 1.54) is 11.3 Å². The van der Waals surface area contributed by atoms with Gasteiger partial charge in [0.2, 0.25) is 11.0 Å². The minimum atomic E-state index is -0.135. The Balaban J connectivity index is 1.68. The number of likely N-dealkylation sites (N-methyl/N-ethyl adjacent to an activating group) is 1. The number of amides is 1. The van der Waals surface area contributed by atoms with Gasteiger partial charge in [-0.2, -0.15) is 0 Å². The van der Waals surface area contributed by atoms with Crippen molar-refractivity contribution in [3.05, 3.63) is 58.0 Å². The van der Waals surface area contributed by atoms with E-state index in [1.807, 2.05) is 48.5 Å². The summed E-state index contributed by atoms with van der Waals surface area (Å²) in [5.41, 5.74) is 1.56. The van der Waals surface area contributed by atoms with E-state index in [9.17, 15) is 4.79 Å². The van der Waals surface area contributed by atoms with Crippen LogP contribution in [0.5, 0.6) is 0 Å². The van der Waals surface area contributed by atoms with Crippen molar-refractivity contribution in [2.45, 2.75) is 0 Å². The van der Waals surface area contributed by atoms with Gasteiger partial charge < -0.3 is 10.2 Å². The fourth-order valence-electron chi connectivity index (χ4n) is 2.15. The fourth-order valence-corrected chi connectivity index (χ4v) is 3.66. The molecule has 1 N–H and O–H groups in total. The highest BCUT2D eigenvalue weighted by Gasteiger charge is 2.15. The highest BCUT2D eigenvalue weighted by atomic mass is 79.9. The summed E-state index contributed by atoms with van der Waals surface area (Å²) >= 11 is 11.0. The average molecular weight is 438 g/mol. The van der Waals surface area contributed by atoms with Gasteiger partial charge in [0, 0.05) is 17.1 Å². The van der Waals surface area contributed by atoms with E-state index in [0.29, 0.717) is 10.2 Å². The van der Waals surface area contributed by atoms with E-state index in [-0.39, 0.29) is 12.5 Å². The number of anilines is 2. The van der Waals surface area contributed by atoms with Crippen LogP contribution in [0.2, 0.25) is 5.02 Å². The number of rotatable bonds is 5. The third kappa shape index (κ3) is 4.36. The van der Waals surface area contributed by atoms with Gasteiger partial charge in [-0.1, -0.05) is 53.3 Å². The van der Waals surface area contributed by atoms with Gasteiger partial charge in [-0.3, -0.25) is 4.79 Å². The molecule has 2 aromatic carbocycles. The summed E-state index contributed by atoms with van der Waals surface area (Å²) in [6.45, 7) is 0.165. The molecule has 0 aliphatic carbocycles. The molecule has 1 heterocycles. The van der Waals surface area contributed by atoms with Crippen LogP contribution in [-0.2, 0) is 4.79 Å². The molecule has 0 unspecified atom stereocenters. The van der Waals surface area contributed by atoms with Crippen molar-refractivity contribution in [1.82, 2.24) is 10.2 Å². The van der Waals surface area contributed by atoms with Gasteiger partial charge in [-0.05, 0) is 34.1 Å². The lowest BCUT2D eigenvalue weighted by molar-refractivity contribution is -0.114. The molecule has 1 aromatic heterocycles. The van der Waals surface area contributed by atoms with E-state index < -0.39 is 0 Å². The molecule has 3 rings (SSSR count). The summed E-state index contributed by atoms with van der Waals surface area (Å²) < 4.78 is 0.836. The molecule has 0 bridgehead atoms. The van der Waals surface area contributed by atoms with Crippen LogP contribution in [0.1, 0.15) is 0 Å². The first-order chi connectivity index (χ1) is 12.0. The molecule has 0 saturated carbocycles. The lowest BCUT2D eigenvalue weighted by Crippen LogP contribution is -2.30. The Morgan fingerprint density at radius 2 is 1.92 bits per heavy atom. The van der Waals surface area contributed by atoms with Crippen LogP contribution in [0.15, 0.2) is 53.0 Å². The Kier molecular flexibility index (Phi) is 5.67. The van der Waals surface area contributed by atoms with Gasteiger partial charge >= 0.3 is 0 Å². The molecule has 1 amide bonds. The number of halogens is 2. The average Bonchev–Trinajstić information content (AvgIpc) is 3.07. The van der Waals surface area contributed by atoms with E-state index in [4.69, 9.17) is 11.6 Å². The number of hydrogen-bond acceptors (Lipinski definition) is 5. The summed E-state index contributed by atoms with van der Waals surface area (Å²) in [4.78, 5) is 14.0. The second kappa shape index (κ2) is 7.95. The highest BCUT2D eigenvalue weighted by Crippen LogP contribution is 2.32. The summed E-state index contributed by atoms with van der Waals surface area (Å²) in [5, 5.41) is 13.2. The van der Waals surface area contributed by atoms with Crippen molar-refractivity contribution in [2.24, 2.45) is 0 Å². The minimum Gasteiger partial charge on any atom is -0.340 e. The number of nitrogens with one attached hydrogen (secondary N) is 1. The quantitative estimate of drug-likeness (QED) is 0.629. The van der Waals surface area contributed by atoms with Gasteiger partial charge in [0.25, 0.3) is 0 Å². The zero-order valence-electron chi connectivity index (χ0n) is 13.2. The first kappa shape index (κ1) is 17.8. The zero-order valence-corrected chi connectivity index (χ0v) is 16.4. The lowest BCUT2D eigenvalue weighted by atomic mass is 10.2. The predicted octanol–water partition coefficient (Wildman–Crippen LogP) is 4.70. The van der Waals surface area contributed by atoms with Gasteiger partial charge in [-0.15, -0.1) is 10.2 Å². The molecule has 0 aliphatic heterocycles. The summed E-state index contributed by atoms with van der Waals surface area (Å²) in [6, 6.07) is 14.9. The maximum Gasteiger partial charge on any atom is 0.243 e. The van der Waals surface area contributed by atoms with Crippen LogP contribution < -0.4 is 10.2 Å². The smallest absolute Gasteiger partial charge is 0.243 e. The molecule has 128 valence electrons. The number of carbonyl (C=O) groups is 1. The van der Waals surface area contributed by atoms with Crippen LogP contribution in [0, 0.1) is 0 Å². The standard InChI is InChI=1S/C17H14BrClN4OS/c1-23(10-15(24)20-14-9-5-3-7-12(14)18)17-22-21-16(25-17)11-6-2-4-8-13(11)19/h2-9H,10H2,1H3,(H,20,24). The largest absolute Gasteiger partial charge is 0.340 e. The van der Waals surface area contributed by atoms with Crippen molar-refractivity contribution in [1.29, 1.82) is 0 Å². The Bertz CT molecular complexity index is 902. The van der Waals surface area contributed by atoms with Gasteiger partial charge in [0.15, 0.2) is 5.01 Å². The van der Waals surface area contributed by atoms with Crippen LogP contribution in [0.3, 0.4) is 0 Å². The van der Waals surface area contributed by atoms with Crippen molar-refractivity contribution >= 4 is 55.6 Å². The Hall–Kier alpha value is -1.96. The molecule has 0 atom stereocenters. The molecular formula is C17H14BrClN4OS. The number of benzene rings is 2. The molecule has 0 spiro atoms. The van der Waals surface area contributed by atoms with Crippen LogP contribution in [-0.4, -0.2) is 29.7 Å². The topological polar surface area (TPSA) is 58.1 Å². The summed E-state index contributed by atoms with van der Waals surface area (Å²) in [5.74, 6) is -0.135. The number of para-hydroxylation sites is 1. The van der Waals surface area contributed by atoms with Crippen molar-refractivity contribution in [3.8, 4) is 10.6 Å². The van der Waals surface area contributed by atoms with E-state index in [0.717, 1.165) is 20.7 Å². The Morgan fingerprint density at radius 1 is 1.20 bits per heavy atom. The predicted molar refractivity (Wildman–Crippen MR) is 106 cm³/mol. The monoisotopic (exact) mass is 436 g/mol. The molecule has 0 radical (unpaired) electrons. The van der Waals surface area contributed by atoms with Crippen molar-refractivity contribution in [2.75, 3.05) is 23.8 Å². The molecule has 0 fully saturated rings. The Morgan fingerprint density at radius 3 is 2.68 bits per heavy atom. The molecular weight excluding hydrogens is 424 g/mol. The first-order valence-corrected chi connectivity index (χ1v) is 9.37. The number of carbonyl (C=O) groups excluding carboxylic acids is 1. The summed E-state index contributed by atoms with van der Waals surface area (Å²) in [7, 11) is 1.80. The molecule has 0 saturated heterocycles. The van der Waals surface area contributed by atoms with E-state index in [1.54, 1.807) is 11.9 Å². The fraction of sp³-hybridized carbons (Fsp3) is 0.118. The van der Waals surface area contributed by atoms with E-state index in [2.05, 4.69) is 31.4 Å². The normalized spacial score (nSPS) is 10.5. The van der Waals surface area contributed by atoms with Gasteiger partial charge in [0.1, 0.15) is 0 Å². The number of aromatic nitrogens is 2. The van der Waals surface area contributed by atoms with Gasteiger partial charge in [0.05, 0.1) is 17.3 Å². The second-order valence-electron chi connectivity index (χ2n) is 5.25. The Labute approximate surface area is 162 Å². The lowest BCUT2D eigenvalue weighted by Gasteiger charge is -2.15. The molecule has 3 aromatic rings. The SMILES string of the molecule is CN(CC(=O)Nc1ccccc1Br)c1nnc(-c2ccccc2Cl)s1. The number of nitrogens with zero attached hydrogens (tertiary/aromatic N) is 3. The highest BCUT2D eigenvalue weighted by molar-refractivity contribution is 9.10. The van der Waals surface area contributed by atoms with Crippen LogP contribution in [0.25, 0.3) is 10.6 Å². The minimum absolute atomic E-state index is 0.135. The van der Waals surface area contributed by atoms with E-state index >= 15 is 0 Å². The molecule has 5 nitrogen and oxygen atoms in total. The van der Waals surface area contributed by atoms with Crippen molar-refractivity contribution < 1.29 is 4.79 Å². The molecule has 0 aliphatic rings. The van der Waals surface area contributed by atoms with Gasteiger partial charge in [-0.25, -0.2) is 0 Å². The van der Waals surface area contributed by atoms with Crippen LogP contribution >= 0.6 is 38.9 Å². The van der Waals surface area contributed by atoms with Crippen molar-refractivity contribution in [3.63, 3.8) is 0 Å². The molecule has 25 heavy (non-hydrogen) atoms. The number of hydrogen-bond donors (Lipinski definition) is 1. The maximum atomic E-state index is 12.2. The zero-order chi connectivity index (χ0) is 17.8.